The van der Waals surface area contributed by atoms with Gasteiger partial charge in [0.2, 0.25) is 5.91 Å². The Labute approximate surface area is 155 Å². The maximum absolute atomic E-state index is 11.6. The molecule has 1 aromatic carbocycles. The van der Waals surface area contributed by atoms with Crippen LogP contribution in [0.1, 0.15) is 18.4 Å². The van der Waals surface area contributed by atoms with Gasteiger partial charge in [0.05, 0.1) is 6.54 Å². The van der Waals surface area contributed by atoms with Gasteiger partial charge in [-0.3, -0.25) is 19.3 Å². The van der Waals surface area contributed by atoms with Crippen LogP contribution in [-0.2, 0) is 25.5 Å². The Hall–Kier alpha value is -2.61. The number of urea groups is 1. The van der Waals surface area contributed by atoms with Crippen molar-refractivity contribution in [2.45, 2.75) is 19.3 Å². The van der Waals surface area contributed by atoms with Crippen LogP contribution in [0.15, 0.2) is 24.3 Å². The normalized spacial score (nSPS) is 13.5. The first-order valence-corrected chi connectivity index (χ1v) is 8.58. The van der Waals surface area contributed by atoms with Crippen LogP contribution in [0.3, 0.4) is 0 Å². The van der Waals surface area contributed by atoms with E-state index in [-0.39, 0.29) is 44.4 Å². The first kappa shape index (κ1) is 19.7. The summed E-state index contributed by atoms with van der Waals surface area (Å²) in [6.45, 7) is 0.194. The molecule has 1 aliphatic heterocycles. The molecule has 0 bridgehead atoms. The second kappa shape index (κ2) is 9.76. The number of nitrogens with zero attached hydrogens (tertiary/aromatic N) is 1. The number of halogens is 1. The zero-order chi connectivity index (χ0) is 18.9. The quantitative estimate of drug-likeness (QED) is 0.488. The third-order valence-corrected chi connectivity index (χ3v) is 3.96. The fourth-order valence-corrected chi connectivity index (χ4v) is 2.46. The number of carbonyl (C=O) groups is 4. The van der Waals surface area contributed by atoms with Crippen molar-refractivity contribution >= 4 is 35.4 Å². The lowest BCUT2D eigenvalue weighted by atomic mass is 10.1. The molecule has 0 aliphatic carbocycles. The monoisotopic (exact) mass is 381 g/mol. The summed E-state index contributed by atoms with van der Waals surface area (Å²) in [5.74, 6) is -1.25. The molecule has 1 aromatic rings. The minimum absolute atomic E-state index is 0.0144. The van der Waals surface area contributed by atoms with Crippen molar-refractivity contribution in [2.24, 2.45) is 0 Å². The van der Waals surface area contributed by atoms with Gasteiger partial charge < -0.3 is 15.4 Å². The Morgan fingerprint density at radius 1 is 1.23 bits per heavy atom. The molecule has 1 saturated heterocycles. The summed E-state index contributed by atoms with van der Waals surface area (Å²) in [6.07, 6.45) is 0.952. The Kier molecular flexibility index (Phi) is 7.40. The predicted molar refractivity (Wildman–Crippen MR) is 93.5 cm³/mol. The van der Waals surface area contributed by atoms with E-state index >= 15 is 0 Å². The van der Waals surface area contributed by atoms with Crippen LogP contribution in [0.5, 0.6) is 0 Å². The lowest BCUT2D eigenvalue weighted by Crippen LogP contribution is -2.32. The van der Waals surface area contributed by atoms with E-state index in [1.54, 1.807) is 12.1 Å². The first-order chi connectivity index (χ1) is 12.5. The smallest absolute Gasteiger partial charge is 0.324 e. The molecule has 0 atom stereocenters. The fraction of sp³-hybridized carbons (Fsp3) is 0.412. The van der Waals surface area contributed by atoms with E-state index in [9.17, 15) is 19.2 Å². The molecular formula is C17H20ClN3O5. The van der Waals surface area contributed by atoms with Gasteiger partial charge in [-0.05, 0) is 30.5 Å². The van der Waals surface area contributed by atoms with E-state index < -0.39 is 12.0 Å². The molecule has 4 amide bonds. The van der Waals surface area contributed by atoms with Crippen molar-refractivity contribution in [1.29, 1.82) is 0 Å². The molecule has 0 unspecified atom stereocenters. The van der Waals surface area contributed by atoms with Gasteiger partial charge in [0, 0.05) is 24.5 Å². The summed E-state index contributed by atoms with van der Waals surface area (Å²) in [6, 6.07) is 6.85. The molecule has 9 heteroatoms. The Balaban J connectivity index is 1.55. The van der Waals surface area contributed by atoms with Crippen LogP contribution in [0, 0.1) is 0 Å². The van der Waals surface area contributed by atoms with Crippen LogP contribution >= 0.6 is 11.6 Å². The van der Waals surface area contributed by atoms with Gasteiger partial charge in [-0.25, -0.2) is 4.79 Å². The molecule has 0 radical (unpaired) electrons. The molecule has 1 heterocycles. The fourth-order valence-electron chi connectivity index (χ4n) is 2.33. The molecule has 0 aromatic heterocycles. The number of rotatable bonds is 9. The number of nitrogens with one attached hydrogen (secondary N) is 2. The first-order valence-electron chi connectivity index (χ1n) is 8.20. The maximum Gasteiger partial charge on any atom is 0.324 e. The van der Waals surface area contributed by atoms with Crippen LogP contribution in [0.4, 0.5) is 4.79 Å². The Morgan fingerprint density at radius 3 is 2.62 bits per heavy atom. The minimum Gasteiger partial charge on any atom is -0.456 e. The zero-order valence-corrected chi connectivity index (χ0v) is 14.9. The number of hydrogen-bond acceptors (Lipinski definition) is 5. The van der Waals surface area contributed by atoms with Gasteiger partial charge in [0.25, 0.3) is 5.91 Å². The molecule has 1 aliphatic rings. The highest BCUT2D eigenvalue weighted by Gasteiger charge is 2.27. The molecule has 0 spiro atoms. The van der Waals surface area contributed by atoms with Crippen molar-refractivity contribution in [3.8, 4) is 0 Å². The van der Waals surface area contributed by atoms with Gasteiger partial charge >= 0.3 is 12.0 Å². The van der Waals surface area contributed by atoms with Crippen molar-refractivity contribution in [1.82, 2.24) is 15.5 Å². The molecule has 8 nitrogen and oxygen atoms in total. The Bertz CT molecular complexity index is 661. The molecule has 140 valence electrons. The third-order valence-electron chi connectivity index (χ3n) is 3.71. The van der Waals surface area contributed by atoms with E-state index in [1.165, 1.54) is 0 Å². The number of hydrogen-bond donors (Lipinski definition) is 2. The number of carbonyl (C=O) groups excluding carboxylic acids is 4. The van der Waals surface area contributed by atoms with Crippen molar-refractivity contribution in [3.63, 3.8) is 0 Å². The molecular weight excluding hydrogens is 362 g/mol. The second-order valence-electron chi connectivity index (χ2n) is 5.69. The highest BCUT2D eigenvalue weighted by Crippen LogP contribution is 2.09. The second-order valence-corrected chi connectivity index (χ2v) is 6.13. The summed E-state index contributed by atoms with van der Waals surface area (Å²) in [4.78, 5) is 47.0. The maximum atomic E-state index is 11.6. The lowest BCUT2D eigenvalue weighted by Gasteiger charge is -2.11. The van der Waals surface area contributed by atoms with Gasteiger partial charge in [-0.15, -0.1) is 0 Å². The summed E-state index contributed by atoms with van der Waals surface area (Å²) in [7, 11) is 0. The van der Waals surface area contributed by atoms with E-state index in [0.717, 1.165) is 10.5 Å². The lowest BCUT2D eigenvalue weighted by molar-refractivity contribution is -0.148. The number of ether oxygens (including phenoxy) is 1. The molecule has 0 saturated carbocycles. The van der Waals surface area contributed by atoms with Crippen molar-refractivity contribution in [2.75, 3.05) is 26.2 Å². The van der Waals surface area contributed by atoms with Gasteiger partial charge in [-0.2, -0.15) is 0 Å². The summed E-state index contributed by atoms with van der Waals surface area (Å²) in [5.41, 5.74) is 1.03. The number of benzene rings is 1. The summed E-state index contributed by atoms with van der Waals surface area (Å²) >= 11 is 5.80. The zero-order valence-electron chi connectivity index (χ0n) is 14.1. The van der Waals surface area contributed by atoms with Crippen molar-refractivity contribution < 1.29 is 23.9 Å². The average Bonchev–Trinajstić information content (AvgIpc) is 2.93. The molecule has 26 heavy (non-hydrogen) atoms. The highest BCUT2D eigenvalue weighted by atomic mass is 35.5. The van der Waals surface area contributed by atoms with Crippen LogP contribution in [0.25, 0.3) is 0 Å². The Morgan fingerprint density at radius 2 is 1.96 bits per heavy atom. The number of imide groups is 1. The van der Waals surface area contributed by atoms with E-state index in [2.05, 4.69) is 10.6 Å². The summed E-state index contributed by atoms with van der Waals surface area (Å²) < 4.78 is 4.87. The summed E-state index contributed by atoms with van der Waals surface area (Å²) in [5, 5.41) is 5.70. The minimum atomic E-state index is -0.551. The van der Waals surface area contributed by atoms with Gasteiger partial charge in [0.15, 0.2) is 6.61 Å². The molecule has 1 fully saturated rings. The van der Waals surface area contributed by atoms with Crippen LogP contribution in [0.2, 0.25) is 5.02 Å². The van der Waals surface area contributed by atoms with Gasteiger partial charge in [0.1, 0.15) is 0 Å². The van der Waals surface area contributed by atoms with Crippen LogP contribution < -0.4 is 10.6 Å². The third kappa shape index (κ3) is 6.36. The predicted octanol–water partition coefficient (Wildman–Crippen LogP) is 0.874. The van der Waals surface area contributed by atoms with E-state index in [0.29, 0.717) is 18.0 Å². The topological polar surface area (TPSA) is 105 Å². The standard InChI is InChI=1S/C17H20ClN3O5/c18-13-5-3-12(4-6-13)7-8-19-14(22)11-26-16(24)2-1-9-21-15(23)10-20-17(21)25/h3-6H,1-2,7-11H2,(H,19,22)(H,20,25). The largest absolute Gasteiger partial charge is 0.456 e. The number of esters is 1. The number of amides is 4. The van der Waals surface area contributed by atoms with Gasteiger partial charge in [-0.1, -0.05) is 23.7 Å². The van der Waals surface area contributed by atoms with Crippen molar-refractivity contribution in [3.05, 3.63) is 34.9 Å². The van der Waals surface area contributed by atoms with E-state index in [1.807, 2.05) is 12.1 Å². The SMILES string of the molecule is O=C(COC(=O)CCCN1C(=O)CNC1=O)NCCc1ccc(Cl)cc1. The average molecular weight is 382 g/mol. The highest BCUT2D eigenvalue weighted by molar-refractivity contribution is 6.30. The molecule has 2 rings (SSSR count). The van der Waals surface area contributed by atoms with E-state index in [4.69, 9.17) is 16.3 Å². The van der Waals surface area contributed by atoms with Crippen LogP contribution in [-0.4, -0.2) is 55.0 Å². The molecule has 2 N–H and O–H groups in total.